The van der Waals surface area contributed by atoms with Crippen molar-refractivity contribution in [1.82, 2.24) is 14.9 Å². The van der Waals surface area contributed by atoms with E-state index in [4.69, 9.17) is 9.47 Å². The Morgan fingerprint density at radius 1 is 1.21 bits per heavy atom. The summed E-state index contributed by atoms with van der Waals surface area (Å²) in [6.45, 7) is 5.06. The van der Waals surface area contributed by atoms with Crippen molar-refractivity contribution in [3.05, 3.63) is 47.8 Å². The SMILES string of the molecule is Cc1ccc2c(N3CCN(C(=O)O[C@H]4CCOC4)CC3)nc(-c3c(O)cccc3F)nc2c1.[HH]. The van der Waals surface area contributed by atoms with E-state index in [0.717, 1.165) is 17.4 Å². The summed E-state index contributed by atoms with van der Waals surface area (Å²) in [4.78, 5) is 25.5. The molecule has 5 rings (SSSR count). The van der Waals surface area contributed by atoms with Crippen molar-refractivity contribution in [3.63, 3.8) is 0 Å². The number of hydrogen-bond acceptors (Lipinski definition) is 7. The number of aromatic hydroxyl groups is 1. The Hall–Kier alpha value is -3.46. The van der Waals surface area contributed by atoms with E-state index in [9.17, 15) is 14.3 Å². The fraction of sp³-hybridized carbons (Fsp3) is 0.375. The number of nitrogens with zero attached hydrogens (tertiary/aromatic N) is 4. The summed E-state index contributed by atoms with van der Waals surface area (Å²) >= 11 is 0. The fourth-order valence-electron chi connectivity index (χ4n) is 4.23. The third-order valence-corrected chi connectivity index (χ3v) is 6.04. The van der Waals surface area contributed by atoms with Crippen molar-refractivity contribution >= 4 is 22.8 Å². The highest BCUT2D eigenvalue weighted by molar-refractivity contribution is 5.92. The molecule has 2 aliphatic rings. The molecular weight excluding hydrogens is 427 g/mol. The zero-order valence-electron chi connectivity index (χ0n) is 18.3. The minimum atomic E-state index is -0.587. The van der Waals surface area contributed by atoms with Crippen LogP contribution in [0.15, 0.2) is 36.4 Å². The number of anilines is 1. The lowest BCUT2D eigenvalue weighted by Crippen LogP contribution is -2.49. The van der Waals surface area contributed by atoms with Crippen LogP contribution in [0.5, 0.6) is 5.75 Å². The Bertz CT molecular complexity index is 1180. The van der Waals surface area contributed by atoms with E-state index < -0.39 is 5.82 Å². The van der Waals surface area contributed by atoms with Gasteiger partial charge in [0.05, 0.1) is 24.3 Å². The molecule has 8 nitrogen and oxygen atoms in total. The number of amides is 1. The Morgan fingerprint density at radius 3 is 2.76 bits per heavy atom. The number of piperazine rings is 1. The van der Waals surface area contributed by atoms with E-state index in [2.05, 4.69) is 14.9 Å². The van der Waals surface area contributed by atoms with Crippen molar-refractivity contribution in [2.45, 2.75) is 19.4 Å². The van der Waals surface area contributed by atoms with Gasteiger partial charge in [0.2, 0.25) is 0 Å². The Balaban J connectivity index is 0.00000274. The van der Waals surface area contributed by atoms with E-state index in [-0.39, 0.29) is 30.8 Å². The maximum absolute atomic E-state index is 14.6. The van der Waals surface area contributed by atoms with Gasteiger partial charge in [-0.15, -0.1) is 0 Å². The van der Waals surface area contributed by atoms with E-state index in [1.165, 1.54) is 18.2 Å². The molecule has 0 spiro atoms. The number of ether oxygens (including phenoxy) is 2. The second kappa shape index (κ2) is 8.82. The summed E-state index contributed by atoms with van der Waals surface area (Å²) in [7, 11) is 0. The molecule has 3 heterocycles. The van der Waals surface area contributed by atoms with Crippen LogP contribution >= 0.6 is 0 Å². The highest BCUT2D eigenvalue weighted by Crippen LogP contribution is 2.34. The van der Waals surface area contributed by atoms with E-state index >= 15 is 0 Å². The molecule has 0 saturated carbocycles. The van der Waals surface area contributed by atoms with Crippen LogP contribution in [0, 0.1) is 12.7 Å². The number of carbonyl (C=O) groups is 1. The minimum Gasteiger partial charge on any atom is -0.507 e. The number of benzene rings is 2. The molecule has 2 fully saturated rings. The normalized spacial score (nSPS) is 18.7. The van der Waals surface area contributed by atoms with Gasteiger partial charge in [0.25, 0.3) is 0 Å². The zero-order chi connectivity index (χ0) is 22.9. The molecular formula is C24H27FN4O4. The smallest absolute Gasteiger partial charge is 0.410 e. The van der Waals surface area contributed by atoms with Crippen molar-refractivity contribution in [2.75, 3.05) is 44.3 Å². The number of phenolic OH excluding ortho intramolecular Hbond substituents is 1. The molecule has 174 valence electrons. The summed E-state index contributed by atoms with van der Waals surface area (Å²) in [5.74, 6) is -0.0237. The highest BCUT2D eigenvalue weighted by Gasteiger charge is 2.28. The van der Waals surface area contributed by atoms with Gasteiger partial charge in [0, 0.05) is 39.4 Å². The number of hydrogen-bond donors (Lipinski definition) is 1. The van der Waals surface area contributed by atoms with Crippen LogP contribution < -0.4 is 4.90 Å². The predicted molar refractivity (Wildman–Crippen MR) is 123 cm³/mol. The van der Waals surface area contributed by atoms with Crippen LogP contribution in [0.3, 0.4) is 0 Å². The molecule has 2 aromatic carbocycles. The summed E-state index contributed by atoms with van der Waals surface area (Å²) in [5, 5.41) is 11.1. The molecule has 1 atom stereocenters. The van der Waals surface area contributed by atoms with Gasteiger partial charge in [0.15, 0.2) is 5.82 Å². The first-order valence-electron chi connectivity index (χ1n) is 11.0. The van der Waals surface area contributed by atoms with Gasteiger partial charge in [-0.1, -0.05) is 12.1 Å². The summed E-state index contributed by atoms with van der Waals surface area (Å²) in [6.07, 6.45) is 0.217. The predicted octanol–water partition coefficient (Wildman–Crippen LogP) is 3.74. The Morgan fingerprint density at radius 2 is 2.03 bits per heavy atom. The number of phenols is 1. The van der Waals surface area contributed by atoms with Crippen LogP contribution in [0.2, 0.25) is 0 Å². The topological polar surface area (TPSA) is 88.0 Å². The molecule has 2 aliphatic heterocycles. The molecule has 0 radical (unpaired) electrons. The first-order valence-corrected chi connectivity index (χ1v) is 11.0. The third-order valence-electron chi connectivity index (χ3n) is 6.04. The van der Waals surface area contributed by atoms with Crippen LogP contribution in [0.25, 0.3) is 22.3 Å². The van der Waals surface area contributed by atoms with Gasteiger partial charge >= 0.3 is 6.09 Å². The molecule has 1 N–H and O–H groups in total. The van der Waals surface area contributed by atoms with Crippen LogP contribution in [0.1, 0.15) is 13.4 Å². The van der Waals surface area contributed by atoms with Crippen molar-refractivity contribution in [3.8, 4) is 17.1 Å². The molecule has 0 unspecified atom stereocenters. The van der Waals surface area contributed by atoms with Crippen LogP contribution in [0.4, 0.5) is 15.0 Å². The number of aryl methyl sites for hydroxylation is 1. The maximum atomic E-state index is 14.6. The van der Waals surface area contributed by atoms with Crippen molar-refractivity contribution in [1.29, 1.82) is 0 Å². The lowest BCUT2D eigenvalue weighted by Gasteiger charge is -2.35. The number of fused-ring (bicyclic) bond motifs is 1. The second-order valence-electron chi connectivity index (χ2n) is 8.37. The lowest BCUT2D eigenvalue weighted by molar-refractivity contribution is 0.0534. The number of carbonyl (C=O) groups excluding carboxylic acids is 1. The Kier molecular flexibility index (Phi) is 5.72. The van der Waals surface area contributed by atoms with E-state index in [0.29, 0.717) is 50.7 Å². The van der Waals surface area contributed by atoms with Crippen LogP contribution in [-0.4, -0.2) is 71.6 Å². The summed E-state index contributed by atoms with van der Waals surface area (Å²) in [5.41, 5.74) is 1.66. The number of aromatic nitrogens is 2. The van der Waals surface area contributed by atoms with Gasteiger partial charge < -0.3 is 24.4 Å². The first-order chi connectivity index (χ1) is 16.0. The standard InChI is InChI=1S/C24H25FN4O4.H2/c1-15-5-6-17-19(13-15)26-22(21-18(25)3-2-4-20(21)30)27-23(17)28-8-10-29(11-9-28)24(31)33-16-7-12-32-14-16;/h2-6,13,16,30H,7-12,14H2,1H3;1H/t16-;/m0./s1. The number of halogens is 1. The molecule has 1 amide bonds. The van der Waals surface area contributed by atoms with E-state index in [1.54, 1.807) is 4.90 Å². The molecule has 2 saturated heterocycles. The molecule has 33 heavy (non-hydrogen) atoms. The average molecular weight is 455 g/mol. The molecule has 0 aliphatic carbocycles. The van der Waals surface area contributed by atoms with Crippen molar-refractivity contribution < 1.29 is 25.2 Å². The molecule has 1 aromatic heterocycles. The van der Waals surface area contributed by atoms with Gasteiger partial charge in [-0.25, -0.2) is 19.2 Å². The average Bonchev–Trinajstić information content (AvgIpc) is 3.31. The third kappa shape index (κ3) is 4.28. The zero-order valence-corrected chi connectivity index (χ0v) is 18.3. The molecule has 9 heteroatoms. The summed E-state index contributed by atoms with van der Waals surface area (Å²) in [6, 6.07) is 9.98. The van der Waals surface area contributed by atoms with Gasteiger partial charge in [0.1, 0.15) is 23.5 Å². The maximum Gasteiger partial charge on any atom is 0.410 e. The van der Waals surface area contributed by atoms with Gasteiger partial charge in [-0.05, 0) is 36.8 Å². The highest BCUT2D eigenvalue weighted by atomic mass is 19.1. The molecule has 0 bridgehead atoms. The van der Waals surface area contributed by atoms with Gasteiger partial charge in [-0.3, -0.25) is 0 Å². The lowest BCUT2D eigenvalue weighted by atomic mass is 10.1. The summed E-state index contributed by atoms with van der Waals surface area (Å²) < 4.78 is 25.4. The molecule has 3 aromatic rings. The first kappa shape index (κ1) is 21.4. The number of rotatable bonds is 3. The van der Waals surface area contributed by atoms with E-state index in [1.807, 2.05) is 25.1 Å². The Labute approximate surface area is 192 Å². The largest absolute Gasteiger partial charge is 0.507 e. The second-order valence-corrected chi connectivity index (χ2v) is 8.37. The monoisotopic (exact) mass is 454 g/mol. The quantitative estimate of drug-likeness (QED) is 0.645. The van der Waals surface area contributed by atoms with Gasteiger partial charge in [-0.2, -0.15) is 0 Å². The minimum absolute atomic E-state index is 0. The van der Waals surface area contributed by atoms with Crippen molar-refractivity contribution in [2.24, 2.45) is 0 Å². The van der Waals surface area contributed by atoms with Crippen LogP contribution in [-0.2, 0) is 9.47 Å². The fourth-order valence-corrected chi connectivity index (χ4v) is 4.23.